The summed E-state index contributed by atoms with van der Waals surface area (Å²) in [5.41, 5.74) is 6.00. The molecule has 50 heavy (non-hydrogen) atoms. The number of esters is 1. The molecule has 0 heterocycles. The zero-order valence-electron chi connectivity index (χ0n) is 28.2. The van der Waals surface area contributed by atoms with Crippen LogP contribution in [-0.2, 0) is 4.79 Å². The first-order valence-electron chi connectivity index (χ1n) is 16.3. The zero-order valence-corrected chi connectivity index (χ0v) is 28.2. The van der Waals surface area contributed by atoms with E-state index in [9.17, 15) is 4.79 Å². The maximum absolute atomic E-state index is 11.5. The van der Waals surface area contributed by atoms with Gasteiger partial charge in [-0.25, -0.2) is 0 Å². The fraction of sp³-hybridized carbons (Fsp3) is 0.0682. The van der Waals surface area contributed by atoms with Crippen LogP contribution in [0.2, 0.25) is 0 Å². The standard InChI is InChI=1S/C44H37NO5/c1-32(2)31-47-39-15-9-19-43(29-39)49-40-16-7-13-37(27-40)45(36-25-23-35(24-26-36)22-21-34-11-5-4-6-12-34)38-14-8-17-41(28-38)50-44-20-10-18-42(30-44)48-33(3)46/h4-31H,1-3H3/b22-21-. The number of ether oxygens (including phenoxy) is 4. The molecule has 0 aliphatic rings. The van der Waals surface area contributed by atoms with Gasteiger partial charge in [0, 0.05) is 48.3 Å². The van der Waals surface area contributed by atoms with Crippen LogP contribution < -0.4 is 23.8 Å². The minimum atomic E-state index is -0.391. The van der Waals surface area contributed by atoms with Gasteiger partial charge in [-0.1, -0.05) is 78.9 Å². The van der Waals surface area contributed by atoms with Crippen LogP contribution in [0.3, 0.4) is 0 Å². The highest BCUT2D eigenvalue weighted by Crippen LogP contribution is 2.39. The number of benzene rings is 6. The number of carbonyl (C=O) groups excluding carboxylic acids is 1. The maximum Gasteiger partial charge on any atom is 0.308 e. The Bertz CT molecular complexity index is 2120. The van der Waals surface area contributed by atoms with Crippen LogP contribution in [0.5, 0.6) is 34.5 Å². The first-order chi connectivity index (χ1) is 24.4. The minimum Gasteiger partial charge on any atom is -0.465 e. The molecule has 0 radical (unpaired) electrons. The second-order valence-electron chi connectivity index (χ2n) is 11.7. The lowest BCUT2D eigenvalue weighted by molar-refractivity contribution is -0.131. The van der Waals surface area contributed by atoms with Crippen molar-refractivity contribution in [2.75, 3.05) is 4.90 Å². The van der Waals surface area contributed by atoms with Gasteiger partial charge in [-0.15, -0.1) is 0 Å². The molecular weight excluding hydrogens is 622 g/mol. The van der Waals surface area contributed by atoms with E-state index in [-0.39, 0.29) is 0 Å². The zero-order chi connectivity index (χ0) is 34.7. The Kier molecular flexibility index (Phi) is 10.7. The van der Waals surface area contributed by atoms with Crippen molar-refractivity contribution < 1.29 is 23.7 Å². The van der Waals surface area contributed by atoms with Gasteiger partial charge in [-0.2, -0.15) is 0 Å². The Hall–Kier alpha value is -6.53. The normalized spacial score (nSPS) is 10.7. The average molecular weight is 660 g/mol. The molecular formula is C44H37NO5. The van der Waals surface area contributed by atoms with Crippen LogP contribution in [0.4, 0.5) is 17.1 Å². The Morgan fingerprint density at radius 3 is 1.52 bits per heavy atom. The van der Waals surface area contributed by atoms with Gasteiger partial charge in [0.15, 0.2) is 0 Å². The largest absolute Gasteiger partial charge is 0.465 e. The molecule has 0 aromatic heterocycles. The van der Waals surface area contributed by atoms with E-state index in [2.05, 4.69) is 53.5 Å². The van der Waals surface area contributed by atoms with E-state index in [1.807, 2.05) is 111 Å². The van der Waals surface area contributed by atoms with E-state index in [1.165, 1.54) is 6.92 Å². The predicted octanol–water partition coefficient (Wildman–Crippen LogP) is 12.1. The molecule has 0 saturated heterocycles. The number of allylic oxidation sites excluding steroid dienone is 1. The molecule has 0 atom stereocenters. The van der Waals surface area contributed by atoms with E-state index >= 15 is 0 Å². The second-order valence-corrected chi connectivity index (χ2v) is 11.7. The molecule has 0 spiro atoms. The van der Waals surface area contributed by atoms with Gasteiger partial charge in [-0.05, 0) is 91.2 Å². The summed E-state index contributed by atoms with van der Waals surface area (Å²) in [5.74, 6) is 3.22. The molecule has 0 bridgehead atoms. The molecule has 6 nitrogen and oxygen atoms in total. The molecule has 0 amide bonds. The second kappa shape index (κ2) is 16.0. The van der Waals surface area contributed by atoms with E-state index in [4.69, 9.17) is 18.9 Å². The molecule has 6 aromatic rings. The van der Waals surface area contributed by atoms with Crippen molar-refractivity contribution in [3.63, 3.8) is 0 Å². The van der Waals surface area contributed by atoms with Crippen molar-refractivity contribution in [1.82, 2.24) is 0 Å². The summed E-state index contributed by atoms with van der Waals surface area (Å²) in [6.07, 6.45) is 5.92. The highest BCUT2D eigenvalue weighted by atomic mass is 16.5. The minimum absolute atomic E-state index is 0.391. The number of hydrogen-bond donors (Lipinski definition) is 0. The summed E-state index contributed by atoms with van der Waals surface area (Å²) >= 11 is 0. The summed E-state index contributed by atoms with van der Waals surface area (Å²) in [7, 11) is 0. The van der Waals surface area contributed by atoms with Gasteiger partial charge in [-0.3, -0.25) is 4.79 Å². The van der Waals surface area contributed by atoms with Gasteiger partial charge in [0.1, 0.15) is 34.5 Å². The van der Waals surface area contributed by atoms with Crippen molar-refractivity contribution in [3.8, 4) is 34.5 Å². The Morgan fingerprint density at radius 1 is 0.480 bits per heavy atom. The van der Waals surface area contributed by atoms with Gasteiger partial charge in [0.2, 0.25) is 0 Å². The quantitative estimate of drug-likeness (QED) is 0.0564. The Morgan fingerprint density at radius 2 is 0.960 bits per heavy atom. The molecule has 248 valence electrons. The van der Waals surface area contributed by atoms with Gasteiger partial charge < -0.3 is 23.8 Å². The van der Waals surface area contributed by atoms with E-state index in [0.717, 1.165) is 33.8 Å². The molecule has 0 N–H and O–H groups in total. The Balaban J connectivity index is 1.32. The molecule has 0 aliphatic carbocycles. The van der Waals surface area contributed by atoms with Crippen LogP contribution >= 0.6 is 0 Å². The Labute approximate surface area is 293 Å². The van der Waals surface area contributed by atoms with E-state index in [1.54, 1.807) is 24.5 Å². The lowest BCUT2D eigenvalue weighted by Gasteiger charge is -2.26. The fourth-order valence-corrected chi connectivity index (χ4v) is 5.15. The number of hydrogen-bond acceptors (Lipinski definition) is 6. The van der Waals surface area contributed by atoms with Gasteiger partial charge in [0.25, 0.3) is 0 Å². The fourth-order valence-electron chi connectivity index (χ4n) is 5.15. The third kappa shape index (κ3) is 9.30. The molecule has 6 rings (SSSR count). The molecule has 6 heteroatoms. The highest BCUT2D eigenvalue weighted by Gasteiger charge is 2.15. The highest BCUT2D eigenvalue weighted by molar-refractivity contribution is 5.79. The van der Waals surface area contributed by atoms with Crippen LogP contribution in [0.1, 0.15) is 31.9 Å². The van der Waals surface area contributed by atoms with Gasteiger partial charge in [0.05, 0.1) is 6.26 Å². The van der Waals surface area contributed by atoms with E-state index < -0.39 is 5.97 Å². The maximum atomic E-state index is 11.5. The SMILES string of the molecule is CC(=O)Oc1cccc(Oc2cccc(N(c3ccc(/C=C\c4ccccc4)cc3)c3cccc(Oc4cccc(OC=C(C)C)c4)c3)c2)c1. The number of nitrogens with zero attached hydrogens (tertiary/aromatic N) is 1. The van der Waals surface area contributed by atoms with Gasteiger partial charge >= 0.3 is 5.97 Å². The number of rotatable bonds is 12. The van der Waals surface area contributed by atoms with Crippen molar-refractivity contribution >= 4 is 35.2 Å². The average Bonchev–Trinajstić information content (AvgIpc) is 3.11. The van der Waals surface area contributed by atoms with Crippen molar-refractivity contribution in [2.45, 2.75) is 20.8 Å². The smallest absolute Gasteiger partial charge is 0.308 e. The summed E-state index contributed by atoms with van der Waals surface area (Å²) in [6, 6.07) is 49.0. The predicted molar refractivity (Wildman–Crippen MR) is 201 cm³/mol. The van der Waals surface area contributed by atoms with E-state index in [0.29, 0.717) is 34.5 Å². The molecule has 0 aliphatic heterocycles. The van der Waals surface area contributed by atoms with Crippen molar-refractivity contribution in [1.29, 1.82) is 0 Å². The van der Waals surface area contributed by atoms with Crippen LogP contribution in [0.15, 0.2) is 163 Å². The van der Waals surface area contributed by atoms with Crippen molar-refractivity contribution in [2.24, 2.45) is 0 Å². The summed E-state index contributed by atoms with van der Waals surface area (Å²) in [4.78, 5) is 13.6. The molecule has 0 fully saturated rings. The molecule has 6 aromatic carbocycles. The summed E-state index contributed by atoms with van der Waals surface area (Å²) in [5, 5.41) is 0. The van der Waals surface area contributed by atoms with Crippen molar-refractivity contribution in [3.05, 3.63) is 175 Å². The first-order valence-corrected chi connectivity index (χ1v) is 16.3. The van der Waals surface area contributed by atoms with Crippen LogP contribution in [0.25, 0.3) is 12.2 Å². The topological polar surface area (TPSA) is 57.2 Å². The third-order valence-electron chi connectivity index (χ3n) is 7.35. The lowest BCUT2D eigenvalue weighted by Crippen LogP contribution is -2.10. The molecule has 0 saturated carbocycles. The monoisotopic (exact) mass is 659 g/mol. The first kappa shape index (κ1) is 33.4. The van der Waals surface area contributed by atoms with Crippen LogP contribution in [-0.4, -0.2) is 5.97 Å². The third-order valence-corrected chi connectivity index (χ3v) is 7.35. The lowest BCUT2D eigenvalue weighted by atomic mass is 10.1. The molecule has 0 unspecified atom stereocenters. The van der Waals surface area contributed by atoms with Crippen LogP contribution in [0, 0.1) is 0 Å². The number of anilines is 3. The number of carbonyl (C=O) groups is 1. The summed E-state index contributed by atoms with van der Waals surface area (Å²) < 4.78 is 23.6. The summed E-state index contributed by atoms with van der Waals surface area (Å²) in [6.45, 7) is 5.34.